The van der Waals surface area contributed by atoms with Gasteiger partial charge in [0.2, 0.25) is 11.8 Å². The molecule has 2 amide bonds. The molecule has 2 aromatic rings. The molecule has 1 aliphatic carbocycles. The third kappa shape index (κ3) is 4.34. The Morgan fingerprint density at radius 2 is 1.90 bits per heavy atom. The molecule has 2 fully saturated rings. The van der Waals surface area contributed by atoms with Gasteiger partial charge in [-0.3, -0.25) is 14.6 Å². The van der Waals surface area contributed by atoms with Gasteiger partial charge in [0.1, 0.15) is 5.75 Å². The number of methoxy groups -OCH3 is 1. The van der Waals surface area contributed by atoms with Gasteiger partial charge in [0, 0.05) is 45.1 Å². The van der Waals surface area contributed by atoms with E-state index in [1.54, 1.807) is 19.5 Å². The lowest BCUT2D eigenvalue weighted by atomic mass is 10.2. The van der Waals surface area contributed by atoms with Crippen LogP contribution in [0.25, 0.3) is 0 Å². The molecule has 7 heteroatoms. The predicted molar refractivity (Wildman–Crippen MR) is 109 cm³/mol. The maximum atomic E-state index is 12.8. The Morgan fingerprint density at radius 3 is 2.62 bits per heavy atom. The Bertz CT molecular complexity index is 865. The SMILES string of the molecule is COc1ccccc1N1CCN(C(=O)C2CC2C(=O)NCc2cccnc2)CC1. The summed E-state index contributed by atoms with van der Waals surface area (Å²) in [4.78, 5) is 33.3. The standard InChI is InChI=1S/C22H26N4O3/c1-29-20-7-3-2-6-19(20)25-9-11-26(12-10-25)22(28)18-13-17(18)21(27)24-15-16-5-4-8-23-14-16/h2-8,14,17-18H,9-13,15H2,1H3,(H,24,27). The summed E-state index contributed by atoms with van der Waals surface area (Å²) >= 11 is 0. The second-order valence-corrected chi connectivity index (χ2v) is 7.51. The van der Waals surface area contributed by atoms with Crippen molar-refractivity contribution in [2.24, 2.45) is 11.8 Å². The van der Waals surface area contributed by atoms with E-state index in [-0.39, 0.29) is 23.7 Å². The topological polar surface area (TPSA) is 74.8 Å². The minimum Gasteiger partial charge on any atom is -0.495 e. The maximum absolute atomic E-state index is 12.8. The van der Waals surface area contributed by atoms with E-state index in [4.69, 9.17) is 4.74 Å². The highest BCUT2D eigenvalue weighted by atomic mass is 16.5. The summed E-state index contributed by atoms with van der Waals surface area (Å²) in [6, 6.07) is 11.7. The first-order valence-corrected chi connectivity index (χ1v) is 10.0. The Hall–Kier alpha value is -3.09. The van der Waals surface area contributed by atoms with Crippen molar-refractivity contribution in [2.45, 2.75) is 13.0 Å². The fraction of sp³-hybridized carbons (Fsp3) is 0.409. The van der Waals surface area contributed by atoms with Crippen LogP contribution in [0.5, 0.6) is 5.75 Å². The third-order valence-corrected chi connectivity index (χ3v) is 5.65. The molecular formula is C22H26N4O3. The lowest BCUT2D eigenvalue weighted by Crippen LogP contribution is -2.49. The fourth-order valence-corrected chi connectivity index (χ4v) is 3.87. The zero-order chi connectivity index (χ0) is 20.2. The van der Waals surface area contributed by atoms with Gasteiger partial charge >= 0.3 is 0 Å². The van der Waals surface area contributed by atoms with Crippen LogP contribution in [-0.2, 0) is 16.1 Å². The number of hydrogen-bond acceptors (Lipinski definition) is 5. The normalized spacial score (nSPS) is 20.9. The van der Waals surface area contributed by atoms with E-state index in [1.165, 1.54) is 0 Å². The van der Waals surface area contributed by atoms with E-state index in [2.05, 4.69) is 15.2 Å². The van der Waals surface area contributed by atoms with Crippen LogP contribution in [0.15, 0.2) is 48.8 Å². The Labute approximate surface area is 170 Å². The Kier molecular flexibility index (Phi) is 5.64. The van der Waals surface area contributed by atoms with Gasteiger partial charge in [-0.1, -0.05) is 18.2 Å². The van der Waals surface area contributed by atoms with Crippen molar-refractivity contribution >= 4 is 17.5 Å². The van der Waals surface area contributed by atoms with E-state index >= 15 is 0 Å². The van der Waals surface area contributed by atoms with Gasteiger partial charge in [-0.05, 0) is 30.2 Å². The highest BCUT2D eigenvalue weighted by molar-refractivity contribution is 5.92. The van der Waals surface area contributed by atoms with Crippen LogP contribution >= 0.6 is 0 Å². The average Bonchev–Trinajstić information content (AvgIpc) is 3.59. The fourth-order valence-electron chi connectivity index (χ4n) is 3.87. The number of ether oxygens (including phenoxy) is 1. The van der Waals surface area contributed by atoms with E-state index in [9.17, 15) is 9.59 Å². The van der Waals surface area contributed by atoms with Crippen molar-refractivity contribution in [3.63, 3.8) is 0 Å². The molecule has 0 radical (unpaired) electrons. The lowest BCUT2D eigenvalue weighted by Gasteiger charge is -2.36. The summed E-state index contributed by atoms with van der Waals surface area (Å²) < 4.78 is 5.45. The molecule has 29 heavy (non-hydrogen) atoms. The first-order chi connectivity index (χ1) is 14.2. The number of nitrogens with one attached hydrogen (secondary N) is 1. The number of rotatable bonds is 6. The van der Waals surface area contributed by atoms with Gasteiger partial charge in [0.15, 0.2) is 0 Å². The molecule has 1 aromatic heterocycles. The molecule has 152 valence electrons. The van der Waals surface area contributed by atoms with E-state index in [0.29, 0.717) is 26.1 Å². The molecule has 2 aliphatic rings. The van der Waals surface area contributed by atoms with Crippen LogP contribution in [0.4, 0.5) is 5.69 Å². The predicted octanol–water partition coefficient (Wildman–Crippen LogP) is 1.69. The van der Waals surface area contributed by atoms with Gasteiger partial charge in [-0.15, -0.1) is 0 Å². The van der Waals surface area contributed by atoms with Crippen LogP contribution in [0.2, 0.25) is 0 Å². The molecule has 1 aromatic carbocycles. The number of amides is 2. The van der Waals surface area contributed by atoms with Gasteiger partial charge in [-0.2, -0.15) is 0 Å². The highest BCUT2D eigenvalue weighted by Gasteiger charge is 2.49. The zero-order valence-corrected chi connectivity index (χ0v) is 16.6. The van der Waals surface area contributed by atoms with Crippen molar-refractivity contribution in [3.8, 4) is 5.75 Å². The summed E-state index contributed by atoms with van der Waals surface area (Å²) in [5, 5.41) is 2.92. The second kappa shape index (κ2) is 8.51. The zero-order valence-electron chi connectivity index (χ0n) is 16.6. The van der Waals surface area contributed by atoms with Crippen LogP contribution in [0, 0.1) is 11.8 Å². The van der Waals surface area contributed by atoms with Crippen LogP contribution in [0.3, 0.4) is 0 Å². The van der Waals surface area contributed by atoms with E-state index < -0.39 is 0 Å². The largest absolute Gasteiger partial charge is 0.495 e. The molecule has 1 N–H and O–H groups in total. The minimum atomic E-state index is -0.202. The van der Waals surface area contributed by atoms with Crippen molar-refractivity contribution in [3.05, 3.63) is 54.4 Å². The maximum Gasteiger partial charge on any atom is 0.226 e. The van der Waals surface area contributed by atoms with Gasteiger partial charge in [0.25, 0.3) is 0 Å². The number of para-hydroxylation sites is 2. The number of piperazine rings is 1. The smallest absolute Gasteiger partial charge is 0.226 e. The van der Waals surface area contributed by atoms with Crippen LogP contribution in [0.1, 0.15) is 12.0 Å². The summed E-state index contributed by atoms with van der Waals surface area (Å²) in [5.74, 6) is 0.527. The number of benzene rings is 1. The number of hydrogen-bond donors (Lipinski definition) is 1. The summed E-state index contributed by atoms with van der Waals surface area (Å²) in [7, 11) is 1.67. The first kappa shape index (κ1) is 19.2. The summed E-state index contributed by atoms with van der Waals surface area (Å²) in [5.41, 5.74) is 2.01. The highest BCUT2D eigenvalue weighted by Crippen LogP contribution is 2.40. The van der Waals surface area contributed by atoms with Crippen LogP contribution < -0.4 is 15.0 Å². The molecule has 1 saturated carbocycles. The monoisotopic (exact) mass is 394 g/mol. The van der Waals surface area contributed by atoms with Gasteiger partial charge < -0.3 is 19.9 Å². The van der Waals surface area contributed by atoms with E-state index in [1.807, 2.05) is 41.3 Å². The summed E-state index contributed by atoms with van der Waals surface area (Å²) in [6.07, 6.45) is 4.08. The number of carbonyl (C=O) groups excluding carboxylic acids is 2. The second-order valence-electron chi connectivity index (χ2n) is 7.51. The van der Waals surface area contributed by atoms with Crippen molar-refractivity contribution in [1.82, 2.24) is 15.2 Å². The molecule has 4 rings (SSSR count). The molecule has 1 saturated heterocycles. The summed E-state index contributed by atoms with van der Waals surface area (Å²) in [6.45, 7) is 3.30. The van der Waals surface area contributed by atoms with Gasteiger partial charge in [-0.25, -0.2) is 0 Å². The minimum absolute atomic E-state index is 0.0418. The average molecular weight is 394 g/mol. The Morgan fingerprint density at radius 1 is 1.10 bits per heavy atom. The molecule has 0 spiro atoms. The number of pyridine rings is 1. The third-order valence-electron chi connectivity index (χ3n) is 5.65. The quantitative estimate of drug-likeness (QED) is 0.807. The lowest BCUT2D eigenvalue weighted by molar-refractivity contribution is -0.135. The molecule has 2 heterocycles. The molecule has 0 bridgehead atoms. The van der Waals surface area contributed by atoms with Gasteiger partial charge in [0.05, 0.1) is 24.6 Å². The van der Waals surface area contributed by atoms with Crippen LogP contribution in [-0.4, -0.2) is 55.0 Å². The number of anilines is 1. The number of carbonyl (C=O) groups is 2. The molecule has 7 nitrogen and oxygen atoms in total. The van der Waals surface area contributed by atoms with Crippen molar-refractivity contribution < 1.29 is 14.3 Å². The first-order valence-electron chi connectivity index (χ1n) is 10.0. The number of aromatic nitrogens is 1. The molecule has 1 aliphatic heterocycles. The van der Waals surface area contributed by atoms with Crippen molar-refractivity contribution in [1.29, 1.82) is 0 Å². The molecular weight excluding hydrogens is 368 g/mol. The van der Waals surface area contributed by atoms with Crippen molar-refractivity contribution in [2.75, 3.05) is 38.2 Å². The molecule has 2 atom stereocenters. The molecule has 2 unspecified atom stereocenters. The van der Waals surface area contributed by atoms with E-state index in [0.717, 1.165) is 30.1 Å². The number of nitrogens with zero attached hydrogens (tertiary/aromatic N) is 3. The Balaban J connectivity index is 1.26.